The minimum absolute atomic E-state index is 0.0466. The molecule has 2 rings (SSSR count). The second kappa shape index (κ2) is 5.87. The zero-order valence-corrected chi connectivity index (χ0v) is 11.4. The van der Waals surface area contributed by atoms with Gasteiger partial charge < -0.3 is 14.2 Å². The molecule has 0 unspecified atom stereocenters. The van der Waals surface area contributed by atoms with E-state index in [0.717, 1.165) is 11.8 Å². The van der Waals surface area contributed by atoms with Crippen LogP contribution in [0.4, 0.5) is 0 Å². The van der Waals surface area contributed by atoms with E-state index in [9.17, 15) is 4.79 Å². The van der Waals surface area contributed by atoms with E-state index in [1.54, 1.807) is 6.07 Å². The van der Waals surface area contributed by atoms with Gasteiger partial charge in [0, 0.05) is 12.6 Å². The van der Waals surface area contributed by atoms with Crippen LogP contribution in [-0.4, -0.2) is 36.7 Å². The van der Waals surface area contributed by atoms with Crippen LogP contribution < -0.4 is 0 Å². The molecule has 0 aliphatic carbocycles. The number of carbonyl (C=O) groups is 1. The maximum atomic E-state index is 10.6. The number of hydrogen-bond acceptors (Lipinski definition) is 6. The number of aromatic nitrogens is 4. The molecule has 0 saturated heterocycles. The molecule has 7 nitrogen and oxygen atoms in total. The molecule has 0 spiro atoms. The Morgan fingerprint density at radius 3 is 2.89 bits per heavy atom. The topological polar surface area (TPSA) is 94.0 Å². The first-order valence-corrected chi connectivity index (χ1v) is 6.75. The zero-order chi connectivity index (χ0) is 13.8. The third-order valence-corrected chi connectivity index (χ3v) is 3.21. The number of carboxylic acid groups (broad SMARTS) is 1. The van der Waals surface area contributed by atoms with Gasteiger partial charge in [0.15, 0.2) is 16.7 Å². The minimum Gasteiger partial charge on any atom is -0.481 e. The van der Waals surface area contributed by atoms with Gasteiger partial charge >= 0.3 is 5.97 Å². The molecular weight excluding hydrogens is 268 g/mol. The van der Waals surface area contributed by atoms with Crippen molar-refractivity contribution in [1.29, 1.82) is 0 Å². The van der Waals surface area contributed by atoms with Gasteiger partial charge in [0.25, 0.3) is 0 Å². The van der Waals surface area contributed by atoms with Gasteiger partial charge in [-0.1, -0.05) is 30.8 Å². The first kappa shape index (κ1) is 13.6. The van der Waals surface area contributed by atoms with Crippen molar-refractivity contribution >= 4 is 17.7 Å². The molecule has 102 valence electrons. The fourth-order valence-electron chi connectivity index (χ4n) is 1.57. The smallest absolute Gasteiger partial charge is 0.313 e. The third-order valence-electron chi connectivity index (χ3n) is 2.26. The fraction of sp³-hybridized carbons (Fsp3) is 0.455. The first-order valence-electron chi connectivity index (χ1n) is 5.76. The standard InChI is InChI=1S/C11H14N4O3S/c1-7(2)5-15-10(8-3-4-18-14-8)12-13-11(15)19-6-9(16)17/h3-4,7H,5-6H2,1-2H3,(H,16,17). The molecule has 0 aromatic carbocycles. The van der Waals surface area contributed by atoms with Crippen LogP contribution in [0, 0.1) is 5.92 Å². The average Bonchev–Trinajstić information content (AvgIpc) is 2.94. The second-order valence-corrected chi connectivity index (χ2v) is 5.32. The number of hydrogen-bond donors (Lipinski definition) is 1. The van der Waals surface area contributed by atoms with Gasteiger partial charge in [0.05, 0.1) is 5.75 Å². The van der Waals surface area contributed by atoms with Crippen molar-refractivity contribution < 1.29 is 14.4 Å². The van der Waals surface area contributed by atoms with Crippen LogP contribution in [0.3, 0.4) is 0 Å². The maximum absolute atomic E-state index is 10.6. The van der Waals surface area contributed by atoms with Crippen LogP contribution in [0.1, 0.15) is 13.8 Å². The van der Waals surface area contributed by atoms with Gasteiger partial charge in [-0.05, 0) is 5.92 Å². The first-order chi connectivity index (χ1) is 9.08. The molecule has 2 aromatic rings. The predicted molar refractivity (Wildman–Crippen MR) is 68.7 cm³/mol. The molecule has 1 N–H and O–H groups in total. The summed E-state index contributed by atoms with van der Waals surface area (Å²) in [4.78, 5) is 10.6. The lowest BCUT2D eigenvalue weighted by Crippen LogP contribution is -2.09. The molecule has 0 fully saturated rings. The summed E-state index contributed by atoms with van der Waals surface area (Å²) in [6, 6.07) is 1.70. The zero-order valence-electron chi connectivity index (χ0n) is 10.6. The highest BCUT2D eigenvalue weighted by Gasteiger charge is 2.17. The Morgan fingerprint density at radius 2 is 2.32 bits per heavy atom. The minimum atomic E-state index is -0.882. The van der Waals surface area contributed by atoms with Crippen LogP contribution >= 0.6 is 11.8 Å². The van der Waals surface area contributed by atoms with E-state index in [2.05, 4.69) is 29.2 Å². The summed E-state index contributed by atoms with van der Waals surface area (Å²) < 4.78 is 6.68. The molecule has 0 radical (unpaired) electrons. The summed E-state index contributed by atoms with van der Waals surface area (Å²) in [5.74, 6) is 0.0444. The van der Waals surface area contributed by atoms with Crippen molar-refractivity contribution in [1.82, 2.24) is 19.9 Å². The van der Waals surface area contributed by atoms with Crippen LogP contribution in [0.5, 0.6) is 0 Å². The van der Waals surface area contributed by atoms with E-state index in [0.29, 0.717) is 29.1 Å². The lowest BCUT2D eigenvalue weighted by molar-refractivity contribution is -0.133. The molecule has 0 atom stereocenters. The highest BCUT2D eigenvalue weighted by atomic mass is 32.2. The van der Waals surface area contributed by atoms with Crippen molar-refractivity contribution in [2.24, 2.45) is 5.92 Å². The second-order valence-electron chi connectivity index (χ2n) is 4.38. The van der Waals surface area contributed by atoms with Crippen LogP contribution in [0.2, 0.25) is 0 Å². The molecule has 0 bridgehead atoms. The van der Waals surface area contributed by atoms with Gasteiger partial charge in [-0.2, -0.15) is 0 Å². The Balaban J connectivity index is 2.30. The van der Waals surface area contributed by atoms with Gasteiger partial charge in [-0.3, -0.25) is 4.79 Å². The van der Waals surface area contributed by atoms with Gasteiger partial charge in [0.2, 0.25) is 0 Å². The van der Waals surface area contributed by atoms with Crippen molar-refractivity contribution in [3.05, 3.63) is 12.3 Å². The monoisotopic (exact) mass is 282 g/mol. The highest BCUT2D eigenvalue weighted by Crippen LogP contribution is 2.23. The Morgan fingerprint density at radius 1 is 1.53 bits per heavy atom. The number of nitrogens with zero attached hydrogens (tertiary/aromatic N) is 4. The summed E-state index contributed by atoms with van der Waals surface area (Å²) in [7, 11) is 0. The lowest BCUT2D eigenvalue weighted by Gasteiger charge is -2.10. The van der Waals surface area contributed by atoms with Crippen LogP contribution in [0.15, 0.2) is 22.0 Å². The van der Waals surface area contributed by atoms with E-state index in [1.807, 2.05) is 4.57 Å². The summed E-state index contributed by atoms with van der Waals surface area (Å²) in [5, 5.41) is 21.2. The molecule has 0 aliphatic heterocycles. The molecule has 2 heterocycles. The van der Waals surface area contributed by atoms with Crippen molar-refractivity contribution in [3.63, 3.8) is 0 Å². The van der Waals surface area contributed by atoms with E-state index in [-0.39, 0.29) is 5.75 Å². The fourth-order valence-corrected chi connectivity index (χ4v) is 2.24. The SMILES string of the molecule is CC(C)Cn1c(SCC(=O)O)nnc1-c1ccon1. The molecule has 8 heteroatoms. The average molecular weight is 282 g/mol. The van der Waals surface area contributed by atoms with Crippen molar-refractivity contribution in [3.8, 4) is 11.5 Å². The number of aliphatic carboxylic acids is 1. The summed E-state index contributed by atoms with van der Waals surface area (Å²) in [6.07, 6.45) is 1.47. The molecule has 0 amide bonds. The Bertz CT molecular complexity index is 550. The van der Waals surface area contributed by atoms with Crippen molar-refractivity contribution in [2.45, 2.75) is 25.5 Å². The van der Waals surface area contributed by atoms with E-state index >= 15 is 0 Å². The summed E-state index contributed by atoms with van der Waals surface area (Å²) in [5.41, 5.74) is 0.593. The molecule has 19 heavy (non-hydrogen) atoms. The van der Waals surface area contributed by atoms with Crippen LogP contribution in [-0.2, 0) is 11.3 Å². The Hall–Kier alpha value is -1.83. The summed E-state index contributed by atoms with van der Waals surface area (Å²) in [6.45, 7) is 4.83. The predicted octanol–water partition coefficient (Wildman–Crippen LogP) is 1.77. The van der Waals surface area contributed by atoms with E-state index < -0.39 is 5.97 Å². The highest BCUT2D eigenvalue weighted by molar-refractivity contribution is 7.99. The lowest BCUT2D eigenvalue weighted by atomic mass is 10.2. The Kier molecular flexibility index (Phi) is 4.20. The van der Waals surface area contributed by atoms with Crippen molar-refractivity contribution in [2.75, 3.05) is 5.75 Å². The molecule has 0 saturated carbocycles. The normalized spacial score (nSPS) is 11.1. The number of thioether (sulfide) groups is 1. The van der Waals surface area contributed by atoms with Gasteiger partial charge in [-0.25, -0.2) is 0 Å². The largest absolute Gasteiger partial charge is 0.481 e. The molecule has 0 aliphatic rings. The van der Waals surface area contributed by atoms with Gasteiger partial charge in [-0.15, -0.1) is 10.2 Å². The number of rotatable bonds is 6. The van der Waals surface area contributed by atoms with Crippen LogP contribution in [0.25, 0.3) is 11.5 Å². The molecule has 2 aromatic heterocycles. The molecular formula is C11H14N4O3S. The summed E-state index contributed by atoms with van der Waals surface area (Å²) >= 11 is 1.15. The Labute approximate surface area is 114 Å². The third kappa shape index (κ3) is 3.34. The van der Waals surface area contributed by atoms with Gasteiger partial charge in [0.1, 0.15) is 6.26 Å². The maximum Gasteiger partial charge on any atom is 0.313 e. The van der Waals surface area contributed by atoms with E-state index in [4.69, 9.17) is 9.63 Å². The quantitative estimate of drug-likeness (QED) is 0.807. The number of carboxylic acids is 1. The van der Waals surface area contributed by atoms with E-state index in [1.165, 1.54) is 6.26 Å².